The van der Waals surface area contributed by atoms with Gasteiger partial charge in [0.2, 0.25) is 5.91 Å². The molecule has 0 spiro atoms. The molecule has 1 amide bonds. The second-order valence-electron chi connectivity index (χ2n) is 4.99. The Balaban J connectivity index is 1.75. The Kier molecular flexibility index (Phi) is 5.76. The highest BCUT2D eigenvalue weighted by Crippen LogP contribution is 2.11. The molecule has 0 unspecified atom stereocenters. The van der Waals surface area contributed by atoms with Crippen LogP contribution in [-0.2, 0) is 11.3 Å². The maximum atomic E-state index is 11.5. The molecule has 1 aromatic rings. The Bertz CT molecular complexity index is 447. The molecule has 6 heteroatoms. The van der Waals surface area contributed by atoms with E-state index in [9.17, 15) is 4.79 Å². The van der Waals surface area contributed by atoms with E-state index in [1.165, 1.54) is 5.56 Å². The topological polar surface area (TPSA) is 48.5 Å². The lowest BCUT2D eigenvalue weighted by molar-refractivity contribution is -0.122. The van der Waals surface area contributed by atoms with E-state index in [1.54, 1.807) is 6.20 Å². The molecular weight excluding hydrogens is 276 g/mol. The average Bonchev–Trinajstić information content (AvgIpc) is 2.41. The predicted octanol–water partition coefficient (Wildman–Crippen LogP) is 0.989. The summed E-state index contributed by atoms with van der Waals surface area (Å²) in [5.41, 5.74) is 1.18. The molecule has 20 heavy (non-hydrogen) atoms. The second kappa shape index (κ2) is 7.57. The van der Waals surface area contributed by atoms with E-state index in [1.807, 2.05) is 19.1 Å². The minimum Gasteiger partial charge on any atom is -0.355 e. The molecule has 5 nitrogen and oxygen atoms in total. The zero-order valence-electron chi connectivity index (χ0n) is 11.8. The lowest BCUT2D eigenvalue weighted by Gasteiger charge is -2.34. The first-order valence-corrected chi connectivity index (χ1v) is 7.37. The van der Waals surface area contributed by atoms with E-state index in [0.717, 1.165) is 32.7 Å². The molecule has 1 fully saturated rings. The molecule has 0 atom stereocenters. The van der Waals surface area contributed by atoms with Crippen molar-refractivity contribution in [1.29, 1.82) is 0 Å². The van der Waals surface area contributed by atoms with Gasteiger partial charge in [-0.25, -0.2) is 4.98 Å². The molecule has 1 aliphatic rings. The maximum absolute atomic E-state index is 11.5. The molecule has 0 saturated carbocycles. The van der Waals surface area contributed by atoms with Crippen LogP contribution in [0.2, 0.25) is 5.15 Å². The van der Waals surface area contributed by atoms with Crippen molar-refractivity contribution in [2.45, 2.75) is 13.5 Å². The Morgan fingerprint density at radius 2 is 2.05 bits per heavy atom. The van der Waals surface area contributed by atoms with Gasteiger partial charge < -0.3 is 5.32 Å². The summed E-state index contributed by atoms with van der Waals surface area (Å²) in [6.07, 6.45) is 1.74. The molecule has 1 aliphatic heterocycles. The third-order valence-electron chi connectivity index (χ3n) is 3.40. The number of rotatable bonds is 5. The Hall–Kier alpha value is -1.17. The third kappa shape index (κ3) is 4.74. The zero-order chi connectivity index (χ0) is 14.4. The highest BCUT2D eigenvalue weighted by molar-refractivity contribution is 6.29. The highest BCUT2D eigenvalue weighted by atomic mass is 35.5. The number of amides is 1. The van der Waals surface area contributed by atoms with Crippen molar-refractivity contribution < 1.29 is 4.79 Å². The van der Waals surface area contributed by atoms with Gasteiger partial charge >= 0.3 is 0 Å². The standard InChI is InChI=1S/C14H21ClN4O/c1-2-16-14(20)11-19-7-5-18(6-8-19)10-12-3-4-17-13(15)9-12/h3-4,9H,2,5-8,10-11H2,1H3,(H,16,20). The van der Waals surface area contributed by atoms with Gasteiger partial charge in [-0.3, -0.25) is 14.6 Å². The van der Waals surface area contributed by atoms with Gasteiger partial charge in [0, 0.05) is 45.5 Å². The molecule has 0 bridgehead atoms. The van der Waals surface area contributed by atoms with E-state index in [4.69, 9.17) is 11.6 Å². The van der Waals surface area contributed by atoms with E-state index >= 15 is 0 Å². The molecule has 0 aromatic carbocycles. The molecular formula is C14H21ClN4O. The quantitative estimate of drug-likeness (QED) is 0.823. The summed E-state index contributed by atoms with van der Waals surface area (Å²) in [5.74, 6) is 0.113. The van der Waals surface area contributed by atoms with Crippen LogP contribution in [0.4, 0.5) is 0 Å². The van der Waals surface area contributed by atoms with Crippen LogP contribution in [0.3, 0.4) is 0 Å². The van der Waals surface area contributed by atoms with Crippen LogP contribution < -0.4 is 5.32 Å². The Labute approximate surface area is 124 Å². The summed E-state index contributed by atoms with van der Waals surface area (Å²) in [6, 6.07) is 3.90. The van der Waals surface area contributed by atoms with Crippen molar-refractivity contribution in [1.82, 2.24) is 20.1 Å². The van der Waals surface area contributed by atoms with Gasteiger partial charge in [-0.15, -0.1) is 0 Å². The van der Waals surface area contributed by atoms with Gasteiger partial charge in [-0.1, -0.05) is 11.6 Å². The number of pyridine rings is 1. The van der Waals surface area contributed by atoms with E-state index in [0.29, 0.717) is 18.2 Å². The molecule has 0 radical (unpaired) electrons. The van der Waals surface area contributed by atoms with Gasteiger partial charge in [-0.2, -0.15) is 0 Å². The largest absolute Gasteiger partial charge is 0.355 e. The van der Waals surface area contributed by atoms with Crippen molar-refractivity contribution in [3.8, 4) is 0 Å². The highest BCUT2D eigenvalue weighted by Gasteiger charge is 2.18. The van der Waals surface area contributed by atoms with Gasteiger partial charge in [0.25, 0.3) is 0 Å². The monoisotopic (exact) mass is 296 g/mol. The van der Waals surface area contributed by atoms with Gasteiger partial charge in [0.15, 0.2) is 0 Å². The van der Waals surface area contributed by atoms with Crippen molar-refractivity contribution in [2.24, 2.45) is 0 Å². The summed E-state index contributed by atoms with van der Waals surface area (Å²) in [4.78, 5) is 20.1. The van der Waals surface area contributed by atoms with Gasteiger partial charge in [0.1, 0.15) is 5.15 Å². The number of nitrogens with one attached hydrogen (secondary N) is 1. The number of piperazine rings is 1. The SMILES string of the molecule is CCNC(=O)CN1CCN(Cc2ccnc(Cl)c2)CC1. The normalized spacial score (nSPS) is 17.1. The van der Waals surface area contributed by atoms with Gasteiger partial charge in [-0.05, 0) is 24.6 Å². The minimum atomic E-state index is 0.113. The van der Waals surface area contributed by atoms with Crippen LogP contribution in [0.15, 0.2) is 18.3 Å². The van der Waals surface area contributed by atoms with Crippen molar-refractivity contribution in [3.63, 3.8) is 0 Å². The summed E-state index contributed by atoms with van der Waals surface area (Å²) in [6.45, 7) is 7.82. The van der Waals surface area contributed by atoms with Crippen LogP contribution in [0.25, 0.3) is 0 Å². The molecule has 0 aliphatic carbocycles. The number of likely N-dealkylation sites (N-methyl/N-ethyl adjacent to an activating group) is 1. The minimum absolute atomic E-state index is 0.113. The first-order chi connectivity index (χ1) is 9.67. The number of nitrogens with zero attached hydrogens (tertiary/aromatic N) is 3. The lowest BCUT2D eigenvalue weighted by atomic mass is 10.2. The Morgan fingerprint density at radius 1 is 1.35 bits per heavy atom. The molecule has 110 valence electrons. The van der Waals surface area contributed by atoms with Crippen LogP contribution in [0.1, 0.15) is 12.5 Å². The van der Waals surface area contributed by atoms with Crippen molar-refractivity contribution in [2.75, 3.05) is 39.3 Å². The van der Waals surface area contributed by atoms with Crippen LogP contribution in [-0.4, -0.2) is 60.0 Å². The van der Waals surface area contributed by atoms with E-state index in [2.05, 4.69) is 20.1 Å². The fraction of sp³-hybridized carbons (Fsp3) is 0.571. The molecule has 2 heterocycles. The number of carbonyl (C=O) groups is 1. The lowest BCUT2D eigenvalue weighted by Crippen LogP contribution is -2.49. The third-order valence-corrected chi connectivity index (χ3v) is 3.61. The number of aromatic nitrogens is 1. The van der Waals surface area contributed by atoms with E-state index < -0.39 is 0 Å². The summed E-state index contributed by atoms with van der Waals surface area (Å²) < 4.78 is 0. The fourth-order valence-electron chi connectivity index (χ4n) is 2.36. The first kappa shape index (κ1) is 15.2. The summed E-state index contributed by atoms with van der Waals surface area (Å²) >= 11 is 5.89. The maximum Gasteiger partial charge on any atom is 0.234 e. The van der Waals surface area contributed by atoms with Crippen molar-refractivity contribution in [3.05, 3.63) is 29.0 Å². The molecule has 2 rings (SSSR count). The van der Waals surface area contributed by atoms with Crippen LogP contribution in [0.5, 0.6) is 0 Å². The smallest absolute Gasteiger partial charge is 0.234 e. The van der Waals surface area contributed by atoms with Crippen molar-refractivity contribution >= 4 is 17.5 Å². The molecule has 1 saturated heterocycles. The number of hydrogen-bond acceptors (Lipinski definition) is 4. The van der Waals surface area contributed by atoms with Gasteiger partial charge in [0.05, 0.1) is 6.54 Å². The number of carbonyl (C=O) groups excluding carboxylic acids is 1. The first-order valence-electron chi connectivity index (χ1n) is 6.99. The Morgan fingerprint density at radius 3 is 2.70 bits per heavy atom. The second-order valence-corrected chi connectivity index (χ2v) is 5.38. The zero-order valence-corrected chi connectivity index (χ0v) is 12.6. The average molecular weight is 297 g/mol. The van der Waals surface area contributed by atoms with E-state index in [-0.39, 0.29) is 5.91 Å². The predicted molar refractivity (Wildman–Crippen MR) is 79.6 cm³/mol. The number of halogens is 1. The fourth-order valence-corrected chi connectivity index (χ4v) is 2.56. The summed E-state index contributed by atoms with van der Waals surface area (Å²) in [5, 5.41) is 3.37. The summed E-state index contributed by atoms with van der Waals surface area (Å²) in [7, 11) is 0. The van der Waals surface area contributed by atoms with Crippen LogP contribution >= 0.6 is 11.6 Å². The molecule has 1 aromatic heterocycles. The van der Waals surface area contributed by atoms with Crippen LogP contribution in [0, 0.1) is 0 Å². The number of hydrogen-bond donors (Lipinski definition) is 1. The molecule has 1 N–H and O–H groups in total.